The molecule has 0 aromatic carbocycles. The van der Waals surface area contributed by atoms with Gasteiger partial charge in [-0.1, -0.05) is 19.0 Å². The molecular weight excluding hydrogens is 363 g/mol. The number of pyridine rings is 1. The minimum Gasteiger partial charge on any atom is -0.475 e. The number of aliphatic imine (C=N–C) groups is 1. The summed E-state index contributed by atoms with van der Waals surface area (Å²) in [5.41, 5.74) is -0.0437. The molecule has 7 nitrogen and oxygen atoms in total. The topological polar surface area (TPSA) is 84.6 Å². The molecule has 0 aliphatic carbocycles. The largest absolute Gasteiger partial charge is 0.475 e. The van der Waals surface area contributed by atoms with E-state index in [1.165, 1.54) is 12.3 Å². The normalized spacial score (nSPS) is 12.3. The van der Waals surface area contributed by atoms with Gasteiger partial charge in [-0.15, -0.1) is 0 Å². The zero-order valence-corrected chi connectivity index (χ0v) is 15.3. The highest BCUT2D eigenvalue weighted by molar-refractivity contribution is 5.79. The van der Waals surface area contributed by atoms with Gasteiger partial charge in [-0.3, -0.25) is 4.99 Å². The van der Waals surface area contributed by atoms with Gasteiger partial charge in [0.15, 0.2) is 11.7 Å². The lowest BCUT2D eigenvalue weighted by Gasteiger charge is -2.14. The minimum absolute atomic E-state index is 0.0133. The molecule has 10 heteroatoms. The number of aromatic nitrogens is 2. The highest BCUT2D eigenvalue weighted by Crippen LogP contribution is 2.34. The van der Waals surface area contributed by atoms with E-state index in [1.807, 2.05) is 19.9 Å². The molecule has 0 saturated carbocycles. The van der Waals surface area contributed by atoms with E-state index in [0.29, 0.717) is 18.3 Å². The number of alkyl halides is 3. The molecule has 0 bridgehead atoms. The highest BCUT2D eigenvalue weighted by Gasteiger charge is 2.34. The van der Waals surface area contributed by atoms with Gasteiger partial charge in [0.2, 0.25) is 5.88 Å². The van der Waals surface area contributed by atoms with Crippen molar-refractivity contribution in [2.75, 3.05) is 20.2 Å². The first-order valence-electron chi connectivity index (χ1n) is 8.36. The second kappa shape index (κ2) is 9.24. The molecule has 0 amide bonds. The molecule has 0 saturated heterocycles. The molecule has 0 radical (unpaired) electrons. The first-order valence-corrected chi connectivity index (χ1v) is 8.36. The fourth-order valence-corrected chi connectivity index (χ4v) is 2.11. The summed E-state index contributed by atoms with van der Waals surface area (Å²) in [7, 11) is 1.58. The van der Waals surface area contributed by atoms with Crippen molar-refractivity contribution in [1.82, 2.24) is 20.8 Å². The van der Waals surface area contributed by atoms with E-state index in [2.05, 4.69) is 25.8 Å². The number of guanidine groups is 1. The van der Waals surface area contributed by atoms with Crippen LogP contribution in [0, 0.1) is 0 Å². The molecule has 148 valence electrons. The van der Waals surface area contributed by atoms with Gasteiger partial charge >= 0.3 is 6.18 Å². The molecule has 0 spiro atoms. The summed E-state index contributed by atoms with van der Waals surface area (Å²) in [4.78, 5) is 7.67. The van der Waals surface area contributed by atoms with E-state index in [0.717, 1.165) is 11.8 Å². The Morgan fingerprint density at radius 3 is 2.74 bits per heavy atom. The van der Waals surface area contributed by atoms with Gasteiger partial charge < -0.3 is 19.9 Å². The molecule has 0 fully saturated rings. The summed E-state index contributed by atoms with van der Waals surface area (Å²) in [6.45, 7) is 4.63. The zero-order chi connectivity index (χ0) is 19.9. The molecule has 27 heavy (non-hydrogen) atoms. The summed E-state index contributed by atoms with van der Waals surface area (Å²) >= 11 is 0. The van der Waals surface area contributed by atoms with Crippen LogP contribution in [0.5, 0.6) is 5.88 Å². The number of rotatable bonds is 7. The highest BCUT2D eigenvalue weighted by atomic mass is 19.4. The Bertz CT molecular complexity index is 759. The molecule has 0 atom stereocenters. The van der Waals surface area contributed by atoms with E-state index in [9.17, 15) is 13.2 Å². The van der Waals surface area contributed by atoms with Crippen LogP contribution < -0.4 is 15.4 Å². The summed E-state index contributed by atoms with van der Waals surface area (Å²) < 4.78 is 49.0. The quantitative estimate of drug-likeness (QED) is 0.433. The second-order valence-electron chi connectivity index (χ2n) is 5.93. The number of ether oxygens (including phenoxy) is 1. The molecule has 0 aliphatic rings. The van der Waals surface area contributed by atoms with E-state index < -0.39 is 17.6 Å². The van der Waals surface area contributed by atoms with Gasteiger partial charge in [0, 0.05) is 19.3 Å². The number of hydrogen-bond donors (Lipinski definition) is 2. The lowest BCUT2D eigenvalue weighted by atomic mass is 10.1. The van der Waals surface area contributed by atoms with Crippen LogP contribution in [0.1, 0.15) is 36.8 Å². The van der Waals surface area contributed by atoms with E-state index in [-0.39, 0.29) is 19.1 Å². The van der Waals surface area contributed by atoms with Crippen molar-refractivity contribution in [3.63, 3.8) is 0 Å². The van der Waals surface area contributed by atoms with Gasteiger partial charge in [0.05, 0.1) is 18.8 Å². The third kappa shape index (κ3) is 6.15. The van der Waals surface area contributed by atoms with Gasteiger partial charge in [0.25, 0.3) is 0 Å². The van der Waals surface area contributed by atoms with E-state index >= 15 is 0 Å². The molecule has 0 aliphatic heterocycles. The van der Waals surface area contributed by atoms with Crippen LogP contribution in [-0.2, 0) is 12.7 Å². The molecule has 2 aromatic heterocycles. The van der Waals surface area contributed by atoms with Crippen molar-refractivity contribution in [2.45, 2.75) is 32.5 Å². The monoisotopic (exact) mass is 385 g/mol. The molecule has 0 unspecified atom stereocenters. The average molecular weight is 385 g/mol. The third-order valence-electron chi connectivity index (χ3n) is 3.53. The Hall–Kier alpha value is -2.78. The number of hydrogen-bond acceptors (Lipinski definition) is 5. The Balaban J connectivity index is 1.78. The maximum Gasteiger partial charge on any atom is 0.421 e. The van der Waals surface area contributed by atoms with Gasteiger partial charge in [0.1, 0.15) is 12.2 Å². The zero-order valence-electron chi connectivity index (χ0n) is 15.3. The second-order valence-corrected chi connectivity index (χ2v) is 5.93. The Labute approximate surface area is 155 Å². The van der Waals surface area contributed by atoms with Crippen LogP contribution in [0.25, 0.3) is 0 Å². The average Bonchev–Trinajstić information content (AvgIpc) is 3.10. The number of halogens is 3. The predicted octanol–water partition coefficient (Wildman–Crippen LogP) is 2.96. The van der Waals surface area contributed by atoms with E-state index in [1.54, 1.807) is 7.05 Å². The van der Waals surface area contributed by atoms with Crippen LogP contribution in [0.4, 0.5) is 13.2 Å². The van der Waals surface area contributed by atoms with Crippen molar-refractivity contribution in [3.05, 3.63) is 41.4 Å². The maximum atomic E-state index is 12.9. The maximum absolute atomic E-state index is 12.9. The molecular formula is C17H22F3N5O2. The van der Waals surface area contributed by atoms with Crippen molar-refractivity contribution in [2.24, 2.45) is 4.99 Å². The van der Waals surface area contributed by atoms with Crippen molar-refractivity contribution in [3.8, 4) is 5.88 Å². The fraction of sp³-hybridized carbons (Fsp3) is 0.471. The Morgan fingerprint density at radius 1 is 1.33 bits per heavy atom. The first-order chi connectivity index (χ1) is 12.8. The Kier molecular flexibility index (Phi) is 7.03. The molecule has 2 rings (SSSR count). The fourth-order valence-electron chi connectivity index (χ4n) is 2.11. The van der Waals surface area contributed by atoms with E-state index in [4.69, 9.17) is 9.26 Å². The lowest BCUT2D eigenvalue weighted by molar-refractivity contribution is -0.139. The van der Waals surface area contributed by atoms with Crippen molar-refractivity contribution in [1.29, 1.82) is 0 Å². The summed E-state index contributed by atoms with van der Waals surface area (Å²) in [5, 5.41) is 9.93. The predicted molar refractivity (Wildman–Crippen MR) is 93.5 cm³/mol. The first kappa shape index (κ1) is 20.5. The summed E-state index contributed by atoms with van der Waals surface area (Å²) in [6, 6.07) is 4.00. The molecule has 2 heterocycles. The smallest absolute Gasteiger partial charge is 0.421 e. The third-order valence-corrected chi connectivity index (χ3v) is 3.53. The van der Waals surface area contributed by atoms with Gasteiger partial charge in [-0.25, -0.2) is 4.98 Å². The lowest BCUT2D eigenvalue weighted by Crippen LogP contribution is -2.38. The van der Waals surface area contributed by atoms with Crippen LogP contribution in [-0.4, -0.2) is 36.3 Å². The van der Waals surface area contributed by atoms with Crippen molar-refractivity contribution < 1.29 is 22.4 Å². The van der Waals surface area contributed by atoms with Crippen molar-refractivity contribution >= 4 is 5.96 Å². The SMILES string of the molecule is CN=C(NCCOc1ncccc1C(F)(F)F)NCc1cc(C(C)C)no1. The van der Waals surface area contributed by atoms with Crippen LogP contribution >= 0.6 is 0 Å². The molecule has 2 N–H and O–H groups in total. The summed E-state index contributed by atoms with van der Waals surface area (Å²) in [6.07, 6.45) is -3.26. The van der Waals surface area contributed by atoms with Gasteiger partial charge in [-0.2, -0.15) is 13.2 Å². The number of nitrogens with zero attached hydrogens (tertiary/aromatic N) is 3. The van der Waals surface area contributed by atoms with Crippen LogP contribution in [0.15, 0.2) is 33.9 Å². The van der Waals surface area contributed by atoms with Gasteiger partial charge in [-0.05, 0) is 18.1 Å². The van der Waals surface area contributed by atoms with Crippen LogP contribution in [0.3, 0.4) is 0 Å². The Morgan fingerprint density at radius 2 is 2.11 bits per heavy atom. The standard InChI is InChI=1S/C17H22F3N5O2/c1-11(2)14-9-12(27-25-14)10-24-16(21-3)23-7-8-26-15-13(17(18,19)20)5-4-6-22-15/h4-6,9,11H,7-8,10H2,1-3H3,(H2,21,23,24). The van der Waals surface area contributed by atoms with Crippen LogP contribution in [0.2, 0.25) is 0 Å². The summed E-state index contributed by atoms with van der Waals surface area (Å²) in [5.74, 6) is 0.933. The molecule has 2 aromatic rings. The number of nitrogens with one attached hydrogen (secondary N) is 2. The minimum atomic E-state index is -4.51.